The summed E-state index contributed by atoms with van der Waals surface area (Å²) in [6.45, 7) is 5.93. The molecule has 0 spiro atoms. The Hall–Kier alpha value is -2.99. The number of piperazine rings is 1. The SMILES string of the molecule is Cc1cccc(N2N=C(C(=O)N3CCN(Cc4ccccc4)CC3)CCC2=O)c1. The Morgan fingerprint density at radius 1 is 0.966 bits per heavy atom. The van der Waals surface area contributed by atoms with Crippen LogP contribution in [0.3, 0.4) is 0 Å². The predicted molar refractivity (Wildman–Crippen MR) is 114 cm³/mol. The molecule has 2 amide bonds. The first-order chi connectivity index (χ1) is 14.1. The van der Waals surface area contributed by atoms with E-state index < -0.39 is 0 Å². The lowest BCUT2D eigenvalue weighted by molar-refractivity contribution is -0.126. The molecule has 2 heterocycles. The molecule has 2 aliphatic heterocycles. The number of hydrazone groups is 1. The minimum atomic E-state index is -0.0696. The molecule has 1 fully saturated rings. The molecule has 2 aromatic rings. The summed E-state index contributed by atoms with van der Waals surface area (Å²) in [5, 5.41) is 5.82. The van der Waals surface area contributed by atoms with Crippen molar-refractivity contribution in [3.05, 3.63) is 65.7 Å². The van der Waals surface area contributed by atoms with Gasteiger partial charge in [0.15, 0.2) is 0 Å². The molecule has 150 valence electrons. The van der Waals surface area contributed by atoms with E-state index in [9.17, 15) is 9.59 Å². The first kappa shape index (κ1) is 19.3. The maximum absolute atomic E-state index is 13.0. The third-order valence-electron chi connectivity index (χ3n) is 5.43. The summed E-state index contributed by atoms with van der Waals surface area (Å²) in [7, 11) is 0. The van der Waals surface area contributed by atoms with Gasteiger partial charge < -0.3 is 4.90 Å². The normalized spacial score (nSPS) is 18.0. The number of hydrogen-bond acceptors (Lipinski definition) is 4. The number of benzene rings is 2. The van der Waals surface area contributed by atoms with Crippen LogP contribution in [-0.4, -0.2) is 53.5 Å². The van der Waals surface area contributed by atoms with Crippen LogP contribution in [0.5, 0.6) is 0 Å². The largest absolute Gasteiger partial charge is 0.335 e. The average Bonchev–Trinajstić information content (AvgIpc) is 2.75. The van der Waals surface area contributed by atoms with E-state index in [-0.39, 0.29) is 11.8 Å². The van der Waals surface area contributed by atoms with Gasteiger partial charge in [0.2, 0.25) is 5.91 Å². The fourth-order valence-electron chi connectivity index (χ4n) is 3.80. The smallest absolute Gasteiger partial charge is 0.270 e. The molecule has 0 bridgehead atoms. The highest BCUT2D eigenvalue weighted by Gasteiger charge is 2.30. The number of anilines is 1. The minimum Gasteiger partial charge on any atom is -0.335 e. The van der Waals surface area contributed by atoms with E-state index in [1.807, 2.05) is 42.2 Å². The molecular weight excluding hydrogens is 364 g/mol. The number of carbonyl (C=O) groups is 2. The lowest BCUT2D eigenvalue weighted by atomic mass is 10.1. The number of rotatable bonds is 4. The van der Waals surface area contributed by atoms with Crippen molar-refractivity contribution in [2.24, 2.45) is 5.10 Å². The molecule has 2 aliphatic rings. The summed E-state index contributed by atoms with van der Waals surface area (Å²) in [6, 6.07) is 18.0. The van der Waals surface area contributed by atoms with Crippen LogP contribution in [0.1, 0.15) is 24.0 Å². The van der Waals surface area contributed by atoms with E-state index in [0.29, 0.717) is 37.3 Å². The third-order valence-corrected chi connectivity index (χ3v) is 5.43. The van der Waals surface area contributed by atoms with Crippen LogP contribution in [0.25, 0.3) is 0 Å². The van der Waals surface area contributed by atoms with E-state index in [1.165, 1.54) is 10.6 Å². The van der Waals surface area contributed by atoms with Crippen LogP contribution in [0.15, 0.2) is 59.7 Å². The summed E-state index contributed by atoms with van der Waals surface area (Å²) >= 11 is 0. The van der Waals surface area contributed by atoms with Gasteiger partial charge in [-0.05, 0) is 30.2 Å². The summed E-state index contributed by atoms with van der Waals surface area (Å²) in [5.41, 5.74) is 3.53. The monoisotopic (exact) mass is 390 g/mol. The number of nitrogens with zero attached hydrogens (tertiary/aromatic N) is 4. The molecule has 0 unspecified atom stereocenters. The Morgan fingerprint density at radius 2 is 1.72 bits per heavy atom. The van der Waals surface area contributed by atoms with Crippen molar-refractivity contribution in [2.75, 3.05) is 31.2 Å². The Bertz CT molecular complexity index is 917. The van der Waals surface area contributed by atoms with Gasteiger partial charge in [0.1, 0.15) is 5.71 Å². The van der Waals surface area contributed by atoms with Crippen LogP contribution in [0, 0.1) is 6.92 Å². The second-order valence-corrected chi connectivity index (χ2v) is 7.65. The van der Waals surface area contributed by atoms with Gasteiger partial charge >= 0.3 is 0 Å². The number of amides is 2. The summed E-state index contributed by atoms with van der Waals surface area (Å²) in [6.07, 6.45) is 0.719. The molecule has 0 N–H and O–H groups in total. The van der Waals surface area contributed by atoms with E-state index in [1.54, 1.807) is 0 Å². The highest BCUT2D eigenvalue weighted by molar-refractivity contribution is 6.40. The van der Waals surface area contributed by atoms with Gasteiger partial charge in [0.05, 0.1) is 5.69 Å². The lowest BCUT2D eigenvalue weighted by Crippen LogP contribution is -2.51. The van der Waals surface area contributed by atoms with Crippen LogP contribution in [0.2, 0.25) is 0 Å². The summed E-state index contributed by atoms with van der Waals surface area (Å²) in [5.74, 6) is -0.116. The van der Waals surface area contributed by atoms with E-state index in [0.717, 1.165) is 25.2 Å². The van der Waals surface area contributed by atoms with Crippen molar-refractivity contribution in [2.45, 2.75) is 26.3 Å². The second kappa shape index (κ2) is 8.57. The first-order valence-electron chi connectivity index (χ1n) is 10.1. The molecule has 0 atom stereocenters. The molecule has 6 heteroatoms. The molecule has 0 aromatic heterocycles. The zero-order chi connectivity index (χ0) is 20.2. The highest BCUT2D eigenvalue weighted by atomic mass is 16.2. The maximum atomic E-state index is 13.0. The van der Waals surface area contributed by atoms with Gasteiger partial charge in [-0.1, -0.05) is 42.5 Å². The Balaban J connectivity index is 1.40. The number of hydrogen-bond donors (Lipinski definition) is 0. The van der Waals surface area contributed by atoms with Crippen LogP contribution >= 0.6 is 0 Å². The Kier molecular flexibility index (Phi) is 5.71. The summed E-state index contributed by atoms with van der Waals surface area (Å²) in [4.78, 5) is 29.6. The van der Waals surface area contributed by atoms with Gasteiger partial charge in [0, 0.05) is 45.6 Å². The number of aryl methyl sites for hydroxylation is 1. The zero-order valence-corrected chi connectivity index (χ0v) is 16.8. The molecule has 0 aliphatic carbocycles. The predicted octanol–water partition coefficient (Wildman–Crippen LogP) is 2.82. The second-order valence-electron chi connectivity index (χ2n) is 7.65. The minimum absolute atomic E-state index is 0.0467. The topological polar surface area (TPSA) is 56.2 Å². The van der Waals surface area contributed by atoms with Crippen molar-refractivity contribution >= 4 is 23.2 Å². The molecule has 2 aromatic carbocycles. The molecule has 29 heavy (non-hydrogen) atoms. The van der Waals surface area contributed by atoms with Gasteiger partial charge in [-0.25, -0.2) is 5.01 Å². The van der Waals surface area contributed by atoms with Crippen molar-refractivity contribution in [3.63, 3.8) is 0 Å². The highest BCUT2D eigenvalue weighted by Crippen LogP contribution is 2.22. The van der Waals surface area contributed by atoms with Crippen LogP contribution in [-0.2, 0) is 16.1 Å². The van der Waals surface area contributed by atoms with Gasteiger partial charge in [-0.3, -0.25) is 14.5 Å². The Labute approximate surface area is 171 Å². The molecule has 4 rings (SSSR count). The fraction of sp³-hybridized carbons (Fsp3) is 0.348. The van der Waals surface area contributed by atoms with Gasteiger partial charge in [0.25, 0.3) is 5.91 Å². The Morgan fingerprint density at radius 3 is 2.45 bits per heavy atom. The quantitative estimate of drug-likeness (QED) is 0.807. The van der Waals surface area contributed by atoms with Crippen molar-refractivity contribution in [3.8, 4) is 0 Å². The lowest BCUT2D eigenvalue weighted by Gasteiger charge is -2.35. The fourth-order valence-corrected chi connectivity index (χ4v) is 3.80. The van der Waals surface area contributed by atoms with Crippen molar-refractivity contribution in [1.82, 2.24) is 9.80 Å². The van der Waals surface area contributed by atoms with Gasteiger partial charge in [-0.15, -0.1) is 0 Å². The molecular formula is C23H26N4O2. The molecule has 0 radical (unpaired) electrons. The van der Waals surface area contributed by atoms with E-state index >= 15 is 0 Å². The molecule has 6 nitrogen and oxygen atoms in total. The van der Waals surface area contributed by atoms with E-state index in [2.05, 4.69) is 34.3 Å². The molecule has 0 saturated carbocycles. The maximum Gasteiger partial charge on any atom is 0.270 e. The van der Waals surface area contributed by atoms with Gasteiger partial charge in [-0.2, -0.15) is 5.10 Å². The third kappa shape index (κ3) is 4.54. The number of carbonyl (C=O) groups excluding carboxylic acids is 2. The van der Waals surface area contributed by atoms with E-state index in [4.69, 9.17) is 0 Å². The van der Waals surface area contributed by atoms with Crippen LogP contribution < -0.4 is 5.01 Å². The summed E-state index contributed by atoms with van der Waals surface area (Å²) < 4.78 is 0. The van der Waals surface area contributed by atoms with Crippen molar-refractivity contribution in [1.29, 1.82) is 0 Å². The average molecular weight is 390 g/mol. The van der Waals surface area contributed by atoms with Crippen LogP contribution in [0.4, 0.5) is 5.69 Å². The first-order valence-corrected chi connectivity index (χ1v) is 10.1. The standard InChI is InChI=1S/C23H26N4O2/c1-18-6-5-9-20(16-18)27-22(28)11-10-21(24-27)23(29)26-14-12-25(13-15-26)17-19-7-3-2-4-8-19/h2-9,16H,10-15,17H2,1H3. The zero-order valence-electron chi connectivity index (χ0n) is 16.8. The van der Waals surface area contributed by atoms with Crippen molar-refractivity contribution < 1.29 is 9.59 Å². The molecule has 1 saturated heterocycles.